The Bertz CT molecular complexity index is 509. The second-order valence-corrected chi connectivity index (χ2v) is 3.51. The summed E-state index contributed by atoms with van der Waals surface area (Å²) >= 11 is 5.78. The lowest BCUT2D eigenvalue weighted by atomic mass is 10.3. The third-order valence-corrected chi connectivity index (χ3v) is 2.14. The minimum absolute atomic E-state index is 0.0324. The van der Waals surface area contributed by atoms with Crippen LogP contribution in [0.15, 0.2) is 18.3 Å². The van der Waals surface area contributed by atoms with Crippen LogP contribution in [0.2, 0.25) is 5.02 Å². The van der Waals surface area contributed by atoms with Gasteiger partial charge in [-0.3, -0.25) is 4.79 Å². The molecular weight excluding hydrogens is 218 g/mol. The fraction of sp³-hybridized carbons (Fsp3) is 0.222. The first-order chi connectivity index (χ1) is 7.15. The number of carboxylic acid groups (broad SMARTS) is 1. The largest absolute Gasteiger partial charge is 0.481 e. The molecule has 0 aliphatic carbocycles. The molecule has 0 unspecified atom stereocenters. The van der Waals surface area contributed by atoms with E-state index in [1.165, 1.54) is 0 Å². The molecule has 0 saturated carbocycles. The normalized spacial score (nSPS) is 10.7. The molecule has 0 fully saturated rings. The molecule has 0 saturated heterocycles. The van der Waals surface area contributed by atoms with E-state index >= 15 is 0 Å². The van der Waals surface area contributed by atoms with E-state index in [0.29, 0.717) is 22.9 Å². The van der Waals surface area contributed by atoms with Gasteiger partial charge in [0.25, 0.3) is 0 Å². The third kappa shape index (κ3) is 2.24. The summed E-state index contributed by atoms with van der Waals surface area (Å²) in [7, 11) is 0. The second-order valence-electron chi connectivity index (χ2n) is 3.07. The lowest BCUT2D eigenvalue weighted by Gasteiger charge is -1.89. The van der Waals surface area contributed by atoms with Crippen molar-refractivity contribution in [1.29, 1.82) is 0 Å². The van der Waals surface area contributed by atoms with Crippen LogP contribution in [0.1, 0.15) is 12.2 Å². The van der Waals surface area contributed by atoms with Gasteiger partial charge in [0.15, 0.2) is 11.5 Å². The SMILES string of the molecule is O=C(O)CCc1nc2cc(Cl)ccn2n1. The number of hydrogen-bond acceptors (Lipinski definition) is 3. The van der Waals surface area contributed by atoms with Crippen molar-refractivity contribution >= 4 is 23.2 Å². The molecule has 0 atom stereocenters. The Kier molecular flexibility index (Phi) is 2.55. The standard InChI is InChI=1S/C9H8ClN3O2/c10-6-3-4-13-8(5-6)11-7(12-13)1-2-9(14)15/h3-5H,1-2H2,(H,14,15). The summed E-state index contributed by atoms with van der Waals surface area (Å²) in [5.74, 6) is -0.341. The predicted octanol–water partition coefficient (Wildman–Crippen LogP) is 1.40. The number of aliphatic carboxylic acids is 1. The quantitative estimate of drug-likeness (QED) is 0.858. The molecule has 1 N–H and O–H groups in total. The molecule has 2 aromatic heterocycles. The maximum atomic E-state index is 10.4. The van der Waals surface area contributed by atoms with E-state index in [4.69, 9.17) is 16.7 Å². The van der Waals surface area contributed by atoms with Crippen molar-refractivity contribution in [2.75, 3.05) is 0 Å². The van der Waals surface area contributed by atoms with Crippen molar-refractivity contribution in [3.63, 3.8) is 0 Å². The summed E-state index contributed by atoms with van der Waals surface area (Å²) in [4.78, 5) is 14.5. The third-order valence-electron chi connectivity index (χ3n) is 1.91. The zero-order valence-corrected chi connectivity index (χ0v) is 8.48. The number of hydrogen-bond donors (Lipinski definition) is 1. The maximum absolute atomic E-state index is 10.4. The predicted molar refractivity (Wildman–Crippen MR) is 54.0 cm³/mol. The van der Waals surface area contributed by atoms with Crippen molar-refractivity contribution in [1.82, 2.24) is 14.6 Å². The Labute approximate surface area is 90.3 Å². The molecule has 15 heavy (non-hydrogen) atoms. The molecular formula is C9H8ClN3O2. The Morgan fingerprint density at radius 2 is 2.40 bits per heavy atom. The highest BCUT2D eigenvalue weighted by molar-refractivity contribution is 6.30. The summed E-state index contributed by atoms with van der Waals surface area (Å²) in [5, 5.41) is 13.2. The molecule has 0 bridgehead atoms. The minimum atomic E-state index is -0.855. The number of aryl methyl sites for hydroxylation is 1. The van der Waals surface area contributed by atoms with E-state index in [-0.39, 0.29) is 6.42 Å². The van der Waals surface area contributed by atoms with Crippen LogP contribution in [0.5, 0.6) is 0 Å². The lowest BCUT2D eigenvalue weighted by Crippen LogP contribution is -1.99. The van der Waals surface area contributed by atoms with Gasteiger partial charge in [0.05, 0.1) is 6.42 Å². The molecule has 0 aromatic carbocycles. The molecule has 5 nitrogen and oxygen atoms in total. The smallest absolute Gasteiger partial charge is 0.303 e. The Balaban J connectivity index is 2.27. The molecule has 2 rings (SSSR count). The van der Waals surface area contributed by atoms with Gasteiger partial charge < -0.3 is 5.11 Å². The van der Waals surface area contributed by atoms with Crippen LogP contribution >= 0.6 is 11.6 Å². The number of halogens is 1. The topological polar surface area (TPSA) is 67.5 Å². The fourth-order valence-electron chi connectivity index (χ4n) is 1.23. The average Bonchev–Trinajstić information content (AvgIpc) is 2.56. The highest BCUT2D eigenvalue weighted by Crippen LogP contribution is 2.11. The zero-order chi connectivity index (χ0) is 10.8. The van der Waals surface area contributed by atoms with Gasteiger partial charge in [-0.1, -0.05) is 11.6 Å². The van der Waals surface area contributed by atoms with E-state index < -0.39 is 5.97 Å². The molecule has 0 aliphatic heterocycles. The van der Waals surface area contributed by atoms with Crippen LogP contribution < -0.4 is 0 Å². The Morgan fingerprint density at radius 3 is 3.13 bits per heavy atom. The lowest BCUT2D eigenvalue weighted by molar-refractivity contribution is -0.137. The molecule has 6 heteroatoms. The molecule has 0 aliphatic rings. The summed E-state index contributed by atoms with van der Waals surface area (Å²) < 4.78 is 1.57. The van der Waals surface area contributed by atoms with E-state index in [1.807, 2.05) is 0 Å². The first-order valence-corrected chi connectivity index (χ1v) is 4.75. The van der Waals surface area contributed by atoms with E-state index in [2.05, 4.69) is 10.1 Å². The van der Waals surface area contributed by atoms with Crippen molar-refractivity contribution in [3.05, 3.63) is 29.2 Å². The van der Waals surface area contributed by atoms with Gasteiger partial charge in [0.1, 0.15) is 0 Å². The number of carbonyl (C=O) groups is 1. The van der Waals surface area contributed by atoms with Crippen LogP contribution in [-0.2, 0) is 11.2 Å². The molecule has 78 valence electrons. The summed E-state index contributed by atoms with van der Waals surface area (Å²) in [6, 6.07) is 3.38. The van der Waals surface area contributed by atoms with Crippen LogP contribution in [-0.4, -0.2) is 25.7 Å². The maximum Gasteiger partial charge on any atom is 0.303 e. The van der Waals surface area contributed by atoms with Crippen LogP contribution in [0.3, 0.4) is 0 Å². The summed E-state index contributed by atoms with van der Waals surface area (Å²) in [6.45, 7) is 0. The Hall–Kier alpha value is -1.62. The van der Waals surface area contributed by atoms with Gasteiger partial charge in [0.2, 0.25) is 0 Å². The Morgan fingerprint density at radius 1 is 1.60 bits per heavy atom. The first kappa shape index (κ1) is 9.92. The van der Waals surface area contributed by atoms with Gasteiger partial charge in [-0.05, 0) is 6.07 Å². The summed E-state index contributed by atoms with van der Waals surface area (Å²) in [5.41, 5.74) is 0.628. The number of pyridine rings is 1. The summed E-state index contributed by atoms with van der Waals surface area (Å²) in [6.07, 6.45) is 2.05. The van der Waals surface area contributed by atoms with Crippen molar-refractivity contribution in [2.45, 2.75) is 12.8 Å². The number of fused-ring (bicyclic) bond motifs is 1. The molecule has 2 aromatic rings. The van der Waals surface area contributed by atoms with Crippen LogP contribution in [0, 0.1) is 0 Å². The molecule has 0 radical (unpaired) electrons. The van der Waals surface area contributed by atoms with Gasteiger partial charge in [-0.2, -0.15) is 5.10 Å². The first-order valence-electron chi connectivity index (χ1n) is 4.38. The van der Waals surface area contributed by atoms with Crippen LogP contribution in [0.4, 0.5) is 0 Å². The zero-order valence-electron chi connectivity index (χ0n) is 7.72. The fourth-order valence-corrected chi connectivity index (χ4v) is 1.38. The minimum Gasteiger partial charge on any atom is -0.481 e. The van der Waals surface area contributed by atoms with Gasteiger partial charge in [-0.25, -0.2) is 9.50 Å². The van der Waals surface area contributed by atoms with Gasteiger partial charge in [0, 0.05) is 23.7 Å². The van der Waals surface area contributed by atoms with E-state index in [1.54, 1.807) is 22.8 Å². The van der Waals surface area contributed by atoms with Crippen molar-refractivity contribution in [3.8, 4) is 0 Å². The average molecular weight is 226 g/mol. The highest BCUT2D eigenvalue weighted by atomic mass is 35.5. The number of carboxylic acids is 1. The van der Waals surface area contributed by atoms with E-state index in [0.717, 1.165) is 0 Å². The number of nitrogens with zero attached hydrogens (tertiary/aromatic N) is 3. The van der Waals surface area contributed by atoms with Crippen molar-refractivity contribution < 1.29 is 9.90 Å². The van der Waals surface area contributed by atoms with Gasteiger partial charge in [-0.15, -0.1) is 0 Å². The van der Waals surface area contributed by atoms with Gasteiger partial charge >= 0.3 is 5.97 Å². The molecule has 2 heterocycles. The molecule has 0 spiro atoms. The second kappa shape index (κ2) is 3.86. The highest BCUT2D eigenvalue weighted by Gasteiger charge is 2.05. The molecule has 0 amide bonds. The van der Waals surface area contributed by atoms with Crippen LogP contribution in [0.25, 0.3) is 5.65 Å². The van der Waals surface area contributed by atoms with E-state index in [9.17, 15) is 4.79 Å². The number of rotatable bonds is 3. The monoisotopic (exact) mass is 225 g/mol. The number of aromatic nitrogens is 3. The van der Waals surface area contributed by atoms with Crippen molar-refractivity contribution in [2.24, 2.45) is 0 Å².